The van der Waals surface area contributed by atoms with Gasteiger partial charge in [-0.1, -0.05) is 36.0 Å². The van der Waals surface area contributed by atoms with E-state index in [0.717, 1.165) is 11.1 Å². The second-order valence-corrected chi connectivity index (χ2v) is 8.44. The number of para-hydroxylation sites is 2. The van der Waals surface area contributed by atoms with Gasteiger partial charge in [0.1, 0.15) is 11.6 Å². The molecule has 0 N–H and O–H groups in total. The van der Waals surface area contributed by atoms with Gasteiger partial charge in [-0.15, -0.1) is 0 Å². The second kappa shape index (κ2) is 8.39. The Morgan fingerprint density at radius 1 is 0.706 bits per heavy atom. The Morgan fingerprint density at radius 2 is 1.15 bits per heavy atom. The van der Waals surface area contributed by atoms with Crippen LogP contribution in [-0.4, -0.2) is 35.3 Å². The lowest BCUT2D eigenvalue weighted by molar-refractivity contribution is 0.139. The molecule has 34 heavy (non-hydrogen) atoms. The van der Waals surface area contributed by atoms with Gasteiger partial charge in [0, 0.05) is 6.07 Å². The fourth-order valence-electron chi connectivity index (χ4n) is 4.01. The molecule has 0 aliphatic rings. The predicted octanol–water partition coefficient (Wildman–Crippen LogP) is 6.37. The number of rotatable bonds is 5. The number of hydrogen-bond donors (Lipinski definition) is 0. The van der Waals surface area contributed by atoms with E-state index < -0.39 is 24.5 Å². The molecule has 2 aromatic carbocycles. The van der Waals surface area contributed by atoms with E-state index in [4.69, 9.17) is 0 Å². The van der Waals surface area contributed by atoms with Crippen LogP contribution in [0.2, 0.25) is 0 Å². The standard InChI is InChI=1S/C23H18F4N6S/c1-11-6-4-8-13-17(11)30-21(19(24)25)32(13)15-10-16(29-23(28-15)34-3)33-14-9-5-7-12(2)18(14)31-22(33)20(26)27/h4-10,19-20H,1-3H3. The third-order valence-corrected chi connectivity index (χ3v) is 6.08. The second-order valence-electron chi connectivity index (χ2n) is 7.67. The molecule has 0 saturated heterocycles. The van der Waals surface area contributed by atoms with E-state index in [1.807, 2.05) is 0 Å². The Kier molecular flexibility index (Phi) is 5.51. The molecule has 0 bridgehead atoms. The van der Waals surface area contributed by atoms with E-state index in [2.05, 4.69) is 19.9 Å². The molecule has 0 atom stereocenters. The maximum Gasteiger partial charge on any atom is 0.296 e. The highest BCUT2D eigenvalue weighted by Crippen LogP contribution is 2.33. The summed E-state index contributed by atoms with van der Waals surface area (Å²) in [6.45, 7) is 3.56. The monoisotopic (exact) mass is 486 g/mol. The van der Waals surface area contributed by atoms with Crippen LogP contribution in [0.15, 0.2) is 47.6 Å². The van der Waals surface area contributed by atoms with Gasteiger partial charge in [0.25, 0.3) is 12.9 Å². The summed E-state index contributed by atoms with van der Waals surface area (Å²) in [6, 6.07) is 11.8. The first-order valence-electron chi connectivity index (χ1n) is 10.3. The fourth-order valence-corrected chi connectivity index (χ4v) is 4.38. The molecule has 3 heterocycles. The van der Waals surface area contributed by atoms with Gasteiger partial charge in [-0.3, -0.25) is 9.13 Å². The van der Waals surface area contributed by atoms with Crippen molar-refractivity contribution in [3.63, 3.8) is 0 Å². The van der Waals surface area contributed by atoms with Crippen LogP contribution in [0.5, 0.6) is 0 Å². The number of thioether (sulfide) groups is 1. The molecule has 0 aliphatic carbocycles. The minimum absolute atomic E-state index is 0.104. The summed E-state index contributed by atoms with van der Waals surface area (Å²) in [7, 11) is 0. The first-order chi connectivity index (χ1) is 16.3. The molecule has 0 fully saturated rings. The van der Waals surface area contributed by atoms with Crippen molar-refractivity contribution in [2.45, 2.75) is 31.9 Å². The average Bonchev–Trinajstić information content (AvgIpc) is 3.40. The van der Waals surface area contributed by atoms with Gasteiger partial charge in [0.05, 0.1) is 22.1 Å². The number of imidazole rings is 2. The van der Waals surface area contributed by atoms with Crippen molar-refractivity contribution in [3.05, 3.63) is 65.2 Å². The van der Waals surface area contributed by atoms with Gasteiger partial charge < -0.3 is 0 Å². The van der Waals surface area contributed by atoms with E-state index in [1.54, 1.807) is 56.5 Å². The van der Waals surface area contributed by atoms with Crippen LogP contribution in [0.1, 0.15) is 35.6 Å². The molecule has 5 aromatic rings. The molecule has 6 nitrogen and oxygen atoms in total. The summed E-state index contributed by atoms with van der Waals surface area (Å²) < 4.78 is 58.6. The summed E-state index contributed by atoms with van der Waals surface area (Å²) in [6.07, 6.45) is -4.04. The summed E-state index contributed by atoms with van der Waals surface area (Å²) in [5, 5.41) is 0.233. The third kappa shape index (κ3) is 3.51. The maximum absolute atomic E-state index is 14.0. The number of benzene rings is 2. The molecule has 5 rings (SSSR count). The summed E-state index contributed by atoms with van der Waals surface area (Å²) in [5.74, 6) is -0.761. The number of aromatic nitrogens is 6. The number of fused-ring (bicyclic) bond motifs is 2. The smallest absolute Gasteiger partial charge is 0.275 e. The van der Waals surface area contributed by atoms with Crippen molar-refractivity contribution >= 4 is 33.8 Å². The van der Waals surface area contributed by atoms with Crippen molar-refractivity contribution in [2.24, 2.45) is 0 Å². The van der Waals surface area contributed by atoms with Crippen molar-refractivity contribution in [1.82, 2.24) is 29.1 Å². The zero-order valence-electron chi connectivity index (χ0n) is 18.3. The molecule has 0 saturated carbocycles. The van der Waals surface area contributed by atoms with Crippen LogP contribution >= 0.6 is 11.8 Å². The summed E-state index contributed by atoms with van der Waals surface area (Å²) in [4.78, 5) is 17.1. The highest BCUT2D eigenvalue weighted by atomic mass is 32.2. The summed E-state index contributed by atoms with van der Waals surface area (Å²) in [5.41, 5.74) is 3.17. The van der Waals surface area contributed by atoms with E-state index in [9.17, 15) is 17.6 Å². The lowest BCUT2D eigenvalue weighted by atomic mass is 10.2. The molecule has 11 heteroatoms. The topological polar surface area (TPSA) is 61.4 Å². The van der Waals surface area contributed by atoms with Crippen molar-refractivity contribution in [3.8, 4) is 11.6 Å². The first-order valence-corrected chi connectivity index (χ1v) is 11.5. The molecule has 3 aromatic heterocycles. The summed E-state index contributed by atoms with van der Waals surface area (Å²) >= 11 is 1.17. The fraction of sp³-hybridized carbons (Fsp3) is 0.217. The van der Waals surface area contributed by atoms with Crippen molar-refractivity contribution in [1.29, 1.82) is 0 Å². The minimum Gasteiger partial charge on any atom is -0.275 e. The Balaban J connectivity index is 1.85. The predicted molar refractivity (Wildman–Crippen MR) is 122 cm³/mol. The normalized spacial score (nSPS) is 12.0. The Bertz CT molecular complexity index is 1430. The average molecular weight is 486 g/mol. The van der Waals surface area contributed by atoms with Crippen LogP contribution in [0.25, 0.3) is 33.7 Å². The van der Waals surface area contributed by atoms with Crippen LogP contribution in [-0.2, 0) is 0 Å². The number of halogens is 4. The number of nitrogens with zero attached hydrogens (tertiary/aromatic N) is 6. The highest BCUT2D eigenvalue weighted by molar-refractivity contribution is 7.98. The Hall–Kier alpha value is -3.47. The van der Waals surface area contributed by atoms with Gasteiger partial charge in [-0.25, -0.2) is 37.5 Å². The molecule has 0 spiro atoms. The van der Waals surface area contributed by atoms with Gasteiger partial charge in [0.15, 0.2) is 16.8 Å². The van der Waals surface area contributed by atoms with E-state index in [1.165, 1.54) is 27.0 Å². The number of alkyl halides is 4. The molecule has 174 valence electrons. The largest absolute Gasteiger partial charge is 0.296 e. The zero-order chi connectivity index (χ0) is 24.1. The number of aryl methyl sites for hydroxylation is 2. The van der Waals surface area contributed by atoms with Crippen LogP contribution in [0.4, 0.5) is 17.6 Å². The highest BCUT2D eigenvalue weighted by Gasteiger charge is 2.25. The van der Waals surface area contributed by atoms with Crippen LogP contribution < -0.4 is 0 Å². The quantitative estimate of drug-likeness (QED) is 0.164. The van der Waals surface area contributed by atoms with E-state index >= 15 is 0 Å². The van der Waals surface area contributed by atoms with Gasteiger partial charge in [-0.05, 0) is 43.4 Å². The zero-order valence-corrected chi connectivity index (χ0v) is 19.1. The van der Waals surface area contributed by atoms with Crippen molar-refractivity contribution in [2.75, 3.05) is 6.26 Å². The molecule has 0 unspecified atom stereocenters. The SMILES string of the molecule is CSc1nc(-n2c(C(F)F)nc3c(C)cccc32)cc(-n2c(C(F)F)nc3c(C)cccc32)n1. The van der Waals surface area contributed by atoms with Crippen LogP contribution in [0.3, 0.4) is 0 Å². The Morgan fingerprint density at radius 3 is 1.53 bits per heavy atom. The van der Waals surface area contributed by atoms with Gasteiger partial charge in [0.2, 0.25) is 0 Å². The lowest BCUT2D eigenvalue weighted by Gasteiger charge is -2.13. The van der Waals surface area contributed by atoms with Crippen molar-refractivity contribution < 1.29 is 17.6 Å². The Labute approximate surface area is 195 Å². The van der Waals surface area contributed by atoms with Gasteiger partial charge >= 0.3 is 0 Å². The van der Waals surface area contributed by atoms with Gasteiger partial charge in [-0.2, -0.15) is 0 Å². The molecule has 0 radical (unpaired) electrons. The molecular weight excluding hydrogens is 468 g/mol. The van der Waals surface area contributed by atoms with E-state index in [-0.39, 0.29) is 16.8 Å². The van der Waals surface area contributed by atoms with Crippen LogP contribution in [0, 0.1) is 13.8 Å². The third-order valence-electron chi connectivity index (χ3n) is 5.54. The maximum atomic E-state index is 14.0. The molecule has 0 amide bonds. The molecular formula is C23H18F4N6S. The first kappa shape index (κ1) is 22.3. The molecule has 0 aliphatic heterocycles. The van der Waals surface area contributed by atoms with E-state index in [0.29, 0.717) is 22.1 Å². The number of hydrogen-bond acceptors (Lipinski definition) is 5. The lowest BCUT2D eigenvalue weighted by Crippen LogP contribution is -2.10. The minimum atomic E-state index is -2.88.